The molecular formula is C15H12ClNOS. The van der Waals surface area contributed by atoms with Gasteiger partial charge < -0.3 is 9.54 Å². The number of nitrogens with one attached hydrogen (secondary N) is 1. The second-order valence-electron chi connectivity index (χ2n) is 4.32. The largest absolute Gasteiger partial charge is 0.606 e. The molecule has 2 aromatic carbocycles. The van der Waals surface area contributed by atoms with Crippen molar-refractivity contribution in [2.75, 3.05) is 0 Å². The Kier molecular flexibility index (Phi) is 3.27. The molecule has 96 valence electrons. The normalized spacial score (nSPS) is 12.8. The molecule has 0 spiro atoms. The highest BCUT2D eigenvalue weighted by atomic mass is 35.5. The second kappa shape index (κ2) is 4.93. The van der Waals surface area contributed by atoms with Crippen LogP contribution in [0.2, 0.25) is 5.02 Å². The molecule has 3 rings (SSSR count). The molecule has 3 aromatic rings. The van der Waals surface area contributed by atoms with Crippen molar-refractivity contribution in [1.82, 2.24) is 4.98 Å². The van der Waals surface area contributed by atoms with Crippen LogP contribution < -0.4 is 0 Å². The van der Waals surface area contributed by atoms with E-state index in [2.05, 4.69) is 4.98 Å². The number of hydrogen-bond acceptors (Lipinski definition) is 1. The van der Waals surface area contributed by atoms with Crippen LogP contribution in [-0.4, -0.2) is 9.54 Å². The number of aromatic amines is 1. The van der Waals surface area contributed by atoms with E-state index in [9.17, 15) is 4.55 Å². The summed E-state index contributed by atoms with van der Waals surface area (Å²) in [6, 6.07) is 15.1. The van der Waals surface area contributed by atoms with E-state index in [1.165, 1.54) is 0 Å². The SMILES string of the molecule is Cc1[nH]c2cccc(Cl)c2c1[S+]([O-])c1ccccc1. The molecule has 0 saturated carbocycles. The summed E-state index contributed by atoms with van der Waals surface area (Å²) in [5.74, 6) is 0. The number of H-pyrrole nitrogens is 1. The van der Waals surface area contributed by atoms with Gasteiger partial charge in [0.2, 0.25) is 0 Å². The van der Waals surface area contributed by atoms with Gasteiger partial charge in [-0.3, -0.25) is 0 Å². The van der Waals surface area contributed by atoms with Gasteiger partial charge in [0, 0.05) is 11.2 Å². The Labute approximate surface area is 119 Å². The summed E-state index contributed by atoms with van der Waals surface area (Å²) in [4.78, 5) is 4.79. The van der Waals surface area contributed by atoms with Gasteiger partial charge in [0.05, 0.1) is 21.6 Å². The topological polar surface area (TPSA) is 38.8 Å². The molecule has 0 aliphatic carbocycles. The first-order chi connectivity index (χ1) is 9.18. The predicted octanol–water partition coefficient (Wildman–Crippen LogP) is 4.30. The summed E-state index contributed by atoms with van der Waals surface area (Å²) in [6.07, 6.45) is 0. The van der Waals surface area contributed by atoms with Crippen LogP contribution in [0.4, 0.5) is 0 Å². The van der Waals surface area contributed by atoms with Gasteiger partial charge in [0.25, 0.3) is 0 Å². The summed E-state index contributed by atoms with van der Waals surface area (Å²) in [5.41, 5.74) is 1.81. The highest BCUT2D eigenvalue weighted by Gasteiger charge is 2.24. The zero-order valence-corrected chi connectivity index (χ0v) is 11.9. The lowest BCUT2D eigenvalue weighted by atomic mass is 10.2. The van der Waals surface area contributed by atoms with E-state index >= 15 is 0 Å². The molecule has 1 N–H and O–H groups in total. The maximum atomic E-state index is 12.7. The van der Waals surface area contributed by atoms with Crippen LogP contribution in [-0.2, 0) is 11.2 Å². The van der Waals surface area contributed by atoms with Gasteiger partial charge in [-0.05, 0) is 31.2 Å². The van der Waals surface area contributed by atoms with E-state index in [-0.39, 0.29) is 0 Å². The Morgan fingerprint density at radius 1 is 1.05 bits per heavy atom. The van der Waals surface area contributed by atoms with E-state index in [0.29, 0.717) is 5.02 Å². The fourth-order valence-corrected chi connectivity index (χ4v) is 3.90. The van der Waals surface area contributed by atoms with E-state index in [4.69, 9.17) is 11.6 Å². The molecule has 0 fully saturated rings. The highest BCUT2D eigenvalue weighted by molar-refractivity contribution is 7.91. The van der Waals surface area contributed by atoms with Gasteiger partial charge in [0.1, 0.15) is 0 Å². The van der Waals surface area contributed by atoms with E-state index in [1.54, 1.807) is 0 Å². The van der Waals surface area contributed by atoms with Crippen molar-refractivity contribution >= 4 is 33.7 Å². The van der Waals surface area contributed by atoms with Gasteiger partial charge in [-0.2, -0.15) is 0 Å². The zero-order chi connectivity index (χ0) is 13.4. The first-order valence-electron chi connectivity index (χ1n) is 5.92. The molecule has 1 heterocycles. The van der Waals surface area contributed by atoms with Crippen molar-refractivity contribution in [2.45, 2.75) is 16.7 Å². The second-order valence-corrected chi connectivity index (χ2v) is 6.15. The average molecular weight is 290 g/mol. The van der Waals surface area contributed by atoms with Crippen LogP contribution in [0.15, 0.2) is 58.3 Å². The molecule has 1 aromatic heterocycles. The Morgan fingerprint density at radius 3 is 2.53 bits per heavy atom. The number of fused-ring (bicyclic) bond motifs is 1. The zero-order valence-electron chi connectivity index (χ0n) is 10.3. The summed E-state index contributed by atoms with van der Waals surface area (Å²) in [5, 5.41) is 1.48. The van der Waals surface area contributed by atoms with Crippen LogP contribution in [0.1, 0.15) is 5.69 Å². The van der Waals surface area contributed by atoms with Crippen molar-refractivity contribution < 1.29 is 4.55 Å². The quantitative estimate of drug-likeness (QED) is 0.702. The summed E-state index contributed by atoms with van der Waals surface area (Å²) >= 11 is 5.02. The predicted molar refractivity (Wildman–Crippen MR) is 79.2 cm³/mol. The molecule has 0 aliphatic heterocycles. The minimum Gasteiger partial charge on any atom is -0.606 e. The molecule has 2 nitrogen and oxygen atoms in total. The number of hydrogen-bond donors (Lipinski definition) is 1. The minimum absolute atomic E-state index is 0.626. The summed E-state index contributed by atoms with van der Waals surface area (Å²) in [6.45, 7) is 1.92. The number of aromatic nitrogens is 1. The lowest BCUT2D eigenvalue weighted by molar-refractivity contribution is 0.595. The van der Waals surface area contributed by atoms with Crippen LogP contribution in [0.25, 0.3) is 10.9 Å². The summed E-state index contributed by atoms with van der Waals surface area (Å²) < 4.78 is 12.7. The third-order valence-corrected chi connectivity index (χ3v) is 4.94. The average Bonchev–Trinajstić information content (AvgIpc) is 2.76. The Morgan fingerprint density at radius 2 is 1.79 bits per heavy atom. The smallest absolute Gasteiger partial charge is 0.188 e. The first kappa shape index (κ1) is 12.6. The maximum Gasteiger partial charge on any atom is 0.188 e. The third kappa shape index (κ3) is 2.14. The van der Waals surface area contributed by atoms with E-state index < -0.39 is 11.2 Å². The van der Waals surface area contributed by atoms with Crippen molar-refractivity contribution in [3.05, 3.63) is 59.2 Å². The van der Waals surface area contributed by atoms with Crippen LogP contribution in [0.3, 0.4) is 0 Å². The Hall–Kier alpha value is -1.42. The van der Waals surface area contributed by atoms with Gasteiger partial charge in [-0.15, -0.1) is 0 Å². The molecule has 1 atom stereocenters. The Balaban J connectivity index is 2.23. The fraction of sp³-hybridized carbons (Fsp3) is 0.0667. The molecule has 0 amide bonds. The number of benzene rings is 2. The van der Waals surface area contributed by atoms with Gasteiger partial charge >= 0.3 is 0 Å². The molecular weight excluding hydrogens is 278 g/mol. The van der Waals surface area contributed by atoms with Crippen molar-refractivity contribution in [1.29, 1.82) is 0 Å². The third-order valence-electron chi connectivity index (χ3n) is 3.05. The van der Waals surface area contributed by atoms with E-state index in [1.807, 2.05) is 55.5 Å². The summed E-state index contributed by atoms with van der Waals surface area (Å²) in [7, 11) is 0. The number of aryl methyl sites for hydroxylation is 1. The fourth-order valence-electron chi connectivity index (χ4n) is 2.20. The number of rotatable bonds is 2. The Bertz CT molecular complexity index is 724. The standard InChI is InChI=1S/C15H12ClNOS/c1-10-15(19(18)11-6-3-2-4-7-11)14-12(16)8-5-9-13(14)17-10/h2-9,17H,1H3. The molecule has 1 unspecified atom stereocenters. The molecule has 0 saturated heterocycles. The van der Waals surface area contributed by atoms with Gasteiger partial charge in [0.15, 0.2) is 9.79 Å². The molecule has 0 bridgehead atoms. The van der Waals surface area contributed by atoms with Crippen LogP contribution in [0.5, 0.6) is 0 Å². The highest BCUT2D eigenvalue weighted by Crippen LogP contribution is 2.35. The monoisotopic (exact) mass is 289 g/mol. The lowest BCUT2D eigenvalue weighted by Gasteiger charge is -2.10. The van der Waals surface area contributed by atoms with E-state index in [0.717, 1.165) is 26.4 Å². The van der Waals surface area contributed by atoms with Gasteiger partial charge in [-0.1, -0.05) is 35.9 Å². The molecule has 0 radical (unpaired) electrons. The number of halogens is 1. The lowest BCUT2D eigenvalue weighted by Crippen LogP contribution is -2.03. The molecule has 4 heteroatoms. The van der Waals surface area contributed by atoms with Crippen LogP contribution in [0, 0.1) is 6.92 Å². The van der Waals surface area contributed by atoms with Gasteiger partial charge in [-0.25, -0.2) is 0 Å². The van der Waals surface area contributed by atoms with Crippen molar-refractivity contribution in [3.8, 4) is 0 Å². The minimum atomic E-state index is -1.23. The van der Waals surface area contributed by atoms with Crippen molar-refractivity contribution in [2.24, 2.45) is 0 Å². The molecule has 0 aliphatic rings. The maximum absolute atomic E-state index is 12.7. The molecule has 19 heavy (non-hydrogen) atoms. The van der Waals surface area contributed by atoms with Crippen LogP contribution >= 0.6 is 11.6 Å². The van der Waals surface area contributed by atoms with Crippen molar-refractivity contribution in [3.63, 3.8) is 0 Å². The first-order valence-corrected chi connectivity index (χ1v) is 7.45.